The number of hydrogen-bond donors (Lipinski definition) is 0. The molecule has 0 radical (unpaired) electrons. The molecular formula is C13H22O6Si. The normalized spacial score (nSPS) is 19.9. The predicted octanol–water partition coefficient (Wildman–Crippen LogP) is 1.61. The van der Waals surface area contributed by atoms with Gasteiger partial charge in [-0.05, 0) is 32.9 Å². The van der Waals surface area contributed by atoms with Gasteiger partial charge >= 0.3 is 20.7 Å². The van der Waals surface area contributed by atoms with Gasteiger partial charge in [-0.1, -0.05) is 6.08 Å². The molecule has 114 valence electrons. The van der Waals surface area contributed by atoms with E-state index in [0.29, 0.717) is 26.2 Å². The van der Waals surface area contributed by atoms with E-state index in [1.165, 1.54) is 0 Å². The Morgan fingerprint density at radius 2 is 1.70 bits per heavy atom. The third kappa shape index (κ3) is 4.82. The summed E-state index contributed by atoms with van der Waals surface area (Å²) in [4.78, 5) is 22.4. The molecule has 0 aromatic rings. The zero-order valence-electron chi connectivity index (χ0n) is 12.2. The monoisotopic (exact) mass is 302 g/mol. The Bertz CT molecular complexity index is 351. The highest BCUT2D eigenvalue weighted by molar-refractivity contribution is 6.66. The SMILES string of the molecule is CCO[Si](/C=C/CC1CC(=O)OC1=O)(OCC)OCC. The largest absolute Gasteiger partial charge is 0.529 e. The first kappa shape index (κ1) is 17.0. The Hall–Kier alpha value is -1.02. The van der Waals surface area contributed by atoms with Gasteiger partial charge in [0.25, 0.3) is 0 Å². The molecule has 1 fully saturated rings. The van der Waals surface area contributed by atoms with E-state index in [1.54, 1.807) is 11.8 Å². The molecule has 20 heavy (non-hydrogen) atoms. The molecule has 7 heteroatoms. The summed E-state index contributed by atoms with van der Waals surface area (Å²) in [6.45, 7) is 7.09. The first-order valence-electron chi connectivity index (χ1n) is 6.91. The van der Waals surface area contributed by atoms with Crippen LogP contribution in [0.15, 0.2) is 11.8 Å². The van der Waals surface area contributed by atoms with Crippen LogP contribution in [0.3, 0.4) is 0 Å². The molecule has 1 aliphatic rings. The average molecular weight is 302 g/mol. The summed E-state index contributed by atoms with van der Waals surface area (Å²) in [7, 11) is -2.82. The van der Waals surface area contributed by atoms with E-state index in [2.05, 4.69) is 4.74 Å². The Morgan fingerprint density at radius 1 is 1.15 bits per heavy atom. The Kier molecular flexibility index (Phi) is 7.07. The third-order valence-electron chi connectivity index (χ3n) is 2.74. The highest BCUT2D eigenvalue weighted by Gasteiger charge is 2.38. The lowest BCUT2D eigenvalue weighted by Gasteiger charge is -2.25. The molecule has 0 aliphatic carbocycles. The minimum absolute atomic E-state index is 0.135. The van der Waals surface area contributed by atoms with Crippen molar-refractivity contribution in [3.63, 3.8) is 0 Å². The maximum Gasteiger partial charge on any atom is 0.529 e. The van der Waals surface area contributed by atoms with Gasteiger partial charge in [0.2, 0.25) is 0 Å². The number of cyclic esters (lactones) is 2. The molecule has 0 amide bonds. The molecule has 0 bridgehead atoms. The van der Waals surface area contributed by atoms with E-state index in [1.807, 2.05) is 20.8 Å². The lowest BCUT2D eigenvalue weighted by Crippen LogP contribution is -2.44. The van der Waals surface area contributed by atoms with Crippen molar-refractivity contribution in [1.29, 1.82) is 0 Å². The highest BCUT2D eigenvalue weighted by Crippen LogP contribution is 2.21. The zero-order chi connectivity index (χ0) is 15.0. The van der Waals surface area contributed by atoms with Gasteiger partial charge < -0.3 is 18.0 Å². The smallest absolute Gasteiger partial charge is 0.393 e. The second-order valence-electron chi connectivity index (χ2n) is 4.23. The van der Waals surface area contributed by atoms with Crippen LogP contribution in [0.5, 0.6) is 0 Å². The number of carbonyl (C=O) groups is 2. The number of rotatable bonds is 9. The third-order valence-corrected chi connectivity index (χ3v) is 5.46. The van der Waals surface area contributed by atoms with Gasteiger partial charge in [-0.25, -0.2) is 0 Å². The van der Waals surface area contributed by atoms with Crippen LogP contribution in [0.2, 0.25) is 0 Å². The fourth-order valence-electron chi connectivity index (χ4n) is 1.95. The van der Waals surface area contributed by atoms with Crippen molar-refractivity contribution in [2.24, 2.45) is 5.92 Å². The van der Waals surface area contributed by atoms with Gasteiger partial charge in [0, 0.05) is 19.8 Å². The molecule has 0 saturated carbocycles. The number of carbonyl (C=O) groups excluding carboxylic acids is 2. The van der Waals surface area contributed by atoms with Gasteiger partial charge in [0.15, 0.2) is 0 Å². The van der Waals surface area contributed by atoms with Gasteiger partial charge in [-0.3, -0.25) is 9.59 Å². The van der Waals surface area contributed by atoms with Crippen LogP contribution in [0.25, 0.3) is 0 Å². The van der Waals surface area contributed by atoms with Crippen molar-refractivity contribution in [3.8, 4) is 0 Å². The van der Waals surface area contributed by atoms with Crippen LogP contribution in [0, 0.1) is 5.92 Å². The van der Waals surface area contributed by atoms with Gasteiger partial charge in [-0.2, -0.15) is 0 Å². The van der Waals surface area contributed by atoms with E-state index in [0.717, 1.165) is 0 Å². The van der Waals surface area contributed by atoms with Crippen LogP contribution in [-0.4, -0.2) is 40.6 Å². The second kappa shape index (κ2) is 8.31. The number of hydrogen-bond acceptors (Lipinski definition) is 6. The summed E-state index contributed by atoms with van der Waals surface area (Å²) in [5.74, 6) is -1.33. The molecule has 1 atom stereocenters. The minimum Gasteiger partial charge on any atom is -0.393 e. The Labute approximate surface area is 120 Å². The lowest BCUT2D eigenvalue weighted by atomic mass is 10.0. The van der Waals surface area contributed by atoms with E-state index in [9.17, 15) is 9.59 Å². The molecule has 1 unspecified atom stereocenters. The molecule has 0 aromatic heterocycles. The average Bonchev–Trinajstić information content (AvgIpc) is 2.69. The van der Waals surface area contributed by atoms with Crippen LogP contribution in [-0.2, 0) is 27.6 Å². The van der Waals surface area contributed by atoms with Gasteiger partial charge in [0.05, 0.1) is 12.3 Å². The van der Waals surface area contributed by atoms with Crippen LogP contribution >= 0.6 is 0 Å². The first-order valence-corrected chi connectivity index (χ1v) is 8.71. The molecule has 0 N–H and O–H groups in total. The summed E-state index contributed by atoms with van der Waals surface area (Å²) >= 11 is 0. The van der Waals surface area contributed by atoms with Gasteiger partial charge in [0.1, 0.15) is 0 Å². The van der Waals surface area contributed by atoms with Crippen LogP contribution < -0.4 is 0 Å². The molecule has 1 rings (SSSR count). The second-order valence-corrected chi connectivity index (χ2v) is 6.64. The Balaban J connectivity index is 2.65. The van der Waals surface area contributed by atoms with Gasteiger partial charge in [-0.15, -0.1) is 0 Å². The molecule has 6 nitrogen and oxygen atoms in total. The number of ether oxygens (including phenoxy) is 1. The van der Waals surface area contributed by atoms with Crippen molar-refractivity contribution < 1.29 is 27.6 Å². The molecule has 0 aromatic carbocycles. The summed E-state index contributed by atoms with van der Waals surface area (Å²) in [5.41, 5.74) is 1.78. The van der Waals surface area contributed by atoms with E-state index < -0.39 is 26.7 Å². The molecule has 0 spiro atoms. The van der Waals surface area contributed by atoms with Crippen molar-refractivity contribution in [1.82, 2.24) is 0 Å². The van der Waals surface area contributed by atoms with E-state index in [-0.39, 0.29) is 6.42 Å². The quantitative estimate of drug-likeness (QED) is 0.366. The maximum atomic E-state index is 11.4. The van der Waals surface area contributed by atoms with Crippen molar-refractivity contribution in [2.75, 3.05) is 19.8 Å². The molecule has 1 heterocycles. The van der Waals surface area contributed by atoms with E-state index >= 15 is 0 Å². The fourth-order valence-corrected chi connectivity index (χ4v) is 4.12. The molecule has 1 saturated heterocycles. The van der Waals surface area contributed by atoms with Crippen molar-refractivity contribution in [2.45, 2.75) is 33.6 Å². The first-order chi connectivity index (χ1) is 9.56. The summed E-state index contributed by atoms with van der Waals surface area (Å²) < 4.78 is 21.4. The zero-order valence-corrected chi connectivity index (χ0v) is 13.2. The molecular weight excluding hydrogens is 280 g/mol. The van der Waals surface area contributed by atoms with Crippen molar-refractivity contribution in [3.05, 3.63) is 11.8 Å². The summed E-state index contributed by atoms with van der Waals surface area (Å²) in [6.07, 6.45) is 2.35. The fraction of sp³-hybridized carbons (Fsp3) is 0.692. The number of allylic oxidation sites excluding steroid dienone is 1. The highest BCUT2D eigenvalue weighted by atomic mass is 28.4. The standard InChI is InChI=1S/C13H22O6Si/c1-4-16-20(17-5-2,18-6-3)9-7-8-11-10-12(14)19-13(11)15/h7,9,11H,4-6,8,10H2,1-3H3/b9-7+. The maximum absolute atomic E-state index is 11.4. The summed E-state index contributed by atoms with van der Waals surface area (Å²) in [6, 6.07) is 0. The lowest BCUT2D eigenvalue weighted by molar-refractivity contribution is -0.153. The number of esters is 2. The minimum atomic E-state index is -2.82. The topological polar surface area (TPSA) is 71.1 Å². The summed E-state index contributed by atoms with van der Waals surface area (Å²) in [5, 5.41) is 0. The van der Waals surface area contributed by atoms with Crippen LogP contribution in [0.4, 0.5) is 0 Å². The predicted molar refractivity (Wildman–Crippen MR) is 73.6 cm³/mol. The molecule has 1 aliphatic heterocycles. The Morgan fingerprint density at radius 3 is 2.10 bits per heavy atom. The van der Waals surface area contributed by atoms with E-state index in [4.69, 9.17) is 13.3 Å². The van der Waals surface area contributed by atoms with Crippen molar-refractivity contribution >= 4 is 20.7 Å². The van der Waals surface area contributed by atoms with Crippen LogP contribution in [0.1, 0.15) is 33.6 Å².